The number of nitrogens with one attached hydrogen (secondary N) is 2. The molecule has 0 fully saturated rings. The highest BCUT2D eigenvalue weighted by molar-refractivity contribution is 5.99. The first-order chi connectivity index (χ1) is 17.5. The lowest BCUT2D eigenvalue weighted by Gasteiger charge is -2.22. The third kappa shape index (κ3) is 7.14. The molecule has 0 unspecified atom stereocenters. The van der Waals surface area contributed by atoms with Crippen LogP contribution in [0.1, 0.15) is 46.9 Å². The van der Waals surface area contributed by atoms with Gasteiger partial charge in [0.1, 0.15) is 11.8 Å². The lowest BCUT2D eigenvalue weighted by atomic mass is 10.1. The molecule has 9 nitrogen and oxygen atoms in total. The number of ether oxygens (including phenoxy) is 1. The van der Waals surface area contributed by atoms with E-state index in [2.05, 4.69) is 38.0 Å². The molecule has 2 heterocycles. The van der Waals surface area contributed by atoms with Crippen molar-refractivity contribution >= 4 is 11.8 Å². The Hall–Kier alpha value is -3.72. The number of amides is 2. The molecule has 0 spiro atoms. The Balaban J connectivity index is 1.49. The van der Waals surface area contributed by atoms with E-state index in [4.69, 9.17) is 4.74 Å². The first-order valence-electron chi connectivity index (χ1n) is 12.5. The Morgan fingerprint density at radius 1 is 1.08 bits per heavy atom. The fraction of sp³-hybridized carbons (Fsp3) is 0.407. The minimum atomic E-state index is -0.664. The number of nitrogens with zero attached hydrogens (tertiary/aromatic N) is 4. The molecule has 2 N–H and O–H groups in total. The molecule has 0 saturated carbocycles. The van der Waals surface area contributed by atoms with Crippen LogP contribution >= 0.6 is 0 Å². The van der Waals surface area contributed by atoms with Gasteiger partial charge in [0.05, 0.1) is 17.9 Å². The summed E-state index contributed by atoms with van der Waals surface area (Å²) in [4.78, 5) is 27.8. The van der Waals surface area contributed by atoms with Crippen LogP contribution in [-0.4, -0.2) is 57.4 Å². The van der Waals surface area contributed by atoms with E-state index >= 15 is 0 Å². The molecule has 3 aromatic rings. The fourth-order valence-corrected chi connectivity index (χ4v) is 4.16. The Morgan fingerprint density at radius 2 is 1.92 bits per heavy atom. The Kier molecular flexibility index (Phi) is 8.67. The largest absolute Gasteiger partial charge is 0.493 e. The first kappa shape index (κ1) is 25.4. The monoisotopic (exact) mass is 490 g/mol. The van der Waals surface area contributed by atoms with E-state index in [9.17, 15) is 9.59 Å². The summed E-state index contributed by atoms with van der Waals surface area (Å²) in [6.45, 7) is 7.46. The maximum Gasteiger partial charge on any atom is 0.255 e. The second-order valence-electron chi connectivity index (χ2n) is 9.21. The highest BCUT2D eigenvalue weighted by atomic mass is 16.5. The van der Waals surface area contributed by atoms with Crippen LogP contribution in [0.2, 0.25) is 0 Å². The normalized spacial score (nSPS) is 18.6. The predicted octanol–water partition coefficient (Wildman–Crippen LogP) is 2.70. The van der Waals surface area contributed by atoms with Crippen LogP contribution in [0.3, 0.4) is 0 Å². The number of benzene rings is 2. The lowest BCUT2D eigenvalue weighted by Crippen LogP contribution is -2.45. The zero-order chi connectivity index (χ0) is 25.3. The van der Waals surface area contributed by atoms with Crippen LogP contribution < -0.4 is 15.4 Å². The molecule has 0 radical (unpaired) electrons. The second-order valence-corrected chi connectivity index (χ2v) is 9.21. The molecule has 1 atom stereocenters. The Morgan fingerprint density at radius 3 is 2.75 bits per heavy atom. The number of aromatic nitrogens is 3. The molecule has 1 aliphatic rings. The maximum absolute atomic E-state index is 12.9. The van der Waals surface area contributed by atoms with Gasteiger partial charge in [0.15, 0.2) is 0 Å². The highest BCUT2D eigenvalue weighted by Gasteiger charge is 2.20. The van der Waals surface area contributed by atoms with Gasteiger partial charge in [-0.3, -0.25) is 19.2 Å². The minimum Gasteiger partial charge on any atom is -0.493 e. The number of aryl methyl sites for hydroxylation is 2. The van der Waals surface area contributed by atoms with Crippen LogP contribution in [0.15, 0.2) is 54.7 Å². The van der Waals surface area contributed by atoms with Gasteiger partial charge in [-0.15, -0.1) is 5.10 Å². The molecule has 0 aliphatic carbocycles. The third-order valence-electron chi connectivity index (χ3n) is 6.08. The van der Waals surface area contributed by atoms with E-state index in [1.165, 1.54) is 5.56 Å². The van der Waals surface area contributed by atoms with Crippen molar-refractivity contribution in [3.63, 3.8) is 0 Å². The van der Waals surface area contributed by atoms with E-state index in [0.717, 1.165) is 30.8 Å². The summed E-state index contributed by atoms with van der Waals surface area (Å²) in [5.74, 6) is -0.0391. The molecule has 36 heavy (non-hydrogen) atoms. The predicted molar refractivity (Wildman–Crippen MR) is 136 cm³/mol. The zero-order valence-corrected chi connectivity index (χ0v) is 20.9. The maximum atomic E-state index is 12.9. The molecule has 4 rings (SSSR count). The molecular weight excluding hydrogens is 456 g/mol. The van der Waals surface area contributed by atoms with Gasteiger partial charge in [0.25, 0.3) is 5.91 Å². The first-order valence-corrected chi connectivity index (χ1v) is 12.5. The van der Waals surface area contributed by atoms with Gasteiger partial charge in [-0.05, 0) is 43.5 Å². The summed E-state index contributed by atoms with van der Waals surface area (Å²) in [5.41, 5.74) is 3.53. The summed E-state index contributed by atoms with van der Waals surface area (Å²) in [5, 5.41) is 14.4. The van der Waals surface area contributed by atoms with Gasteiger partial charge in [0, 0.05) is 45.3 Å². The van der Waals surface area contributed by atoms with E-state index in [1.807, 2.05) is 48.1 Å². The van der Waals surface area contributed by atoms with E-state index in [1.54, 1.807) is 13.0 Å². The van der Waals surface area contributed by atoms with Gasteiger partial charge in [-0.2, -0.15) is 0 Å². The third-order valence-corrected chi connectivity index (χ3v) is 6.08. The minimum absolute atomic E-state index is 0.214. The highest BCUT2D eigenvalue weighted by Crippen LogP contribution is 2.21. The van der Waals surface area contributed by atoms with E-state index < -0.39 is 6.04 Å². The molecule has 2 bridgehead atoms. The van der Waals surface area contributed by atoms with Crippen molar-refractivity contribution in [3.8, 4) is 5.75 Å². The van der Waals surface area contributed by atoms with Crippen LogP contribution in [-0.2, 0) is 24.4 Å². The molecule has 2 amide bonds. The van der Waals surface area contributed by atoms with Gasteiger partial charge < -0.3 is 15.4 Å². The van der Waals surface area contributed by atoms with E-state index in [0.29, 0.717) is 44.0 Å². The molecule has 9 heteroatoms. The second kappa shape index (κ2) is 12.3. The molecule has 1 aromatic heterocycles. The van der Waals surface area contributed by atoms with Crippen LogP contribution in [0, 0.1) is 6.92 Å². The summed E-state index contributed by atoms with van der Waals surface area (Å²) < 4.78 is 7.80. The SMILES string of the molecule is Cc1ccc2c(c1)OCCCn1cc(nn1)CN(Cc1ccccc1)CCCNC(=O)[C@@H](C)NC2=O. The van der Waals surface area contributed by atoms with Gasteiger partial charge in [-0.1, -0.05) is 41.6 Å². The topological polar surface area (TPSA) is 101 Å². The van der Waals surface area contributed by atoms with Gasteiger partial charge in [-0.25, -0.2) is 0 Å². The standard InChI is InChI=1S/C27H34N6O3/c1-20-10-11-24-25(16-20)36-15-7-14-33-19-23(30-31-33)18-32(17-22-8-4-3-5-9-22)13-6-12-28-26(34)21(2)29-27(24)35/h3-5,8-11,16,19,21H,6-7,12-15,17-18H2,1-2H3,(H,28,34)(H,29,35)/t21-/m1/s1. The van der Waals surface area contributed by atoms with E-state index in [-0.39, 0.29) is 11.8 Å². The average molecular weight is 491 g/mol. The average Bonchev–Trinajstić information content (AvgIpc) is 3.31. The summed E-state index contributed by atoms with van der Waals surface area (Å²) >= 11 is 0. The van der Waals surface area contributed by atoms with Crippen molar-refractivity contribution in [1.29, 1.82) is 0 Å². The van der Waals surface area contributed by atoms with Crippen molar-refractivity contribution in [2.75, 3.05) is 19.7 Å². The molecule has 1 aliphatic heterocycles. The Bertz CT molecular complexity index is 1160. The summed E-state index contributed by atoms with van der Waals surface area (Å²) in [7, 11) is 0. The van der Waals surface area contributed by atoms with Crippen molar-refractivity contribution in [2.24, 2.45) is 0 Å². The van der Waals surface area contributed by atoms with Crippen LogP contribution in [0.25, 0.3) is 0 Å². The smallest absolute Gasteiger partial charge is 0.255 e. The van der Waals surface area contributed by atoms with Crippen LogP contribution in [0.4, 0.5) is 0 Å². The number of carbonyl (C=O) groups is 2. The number of hydrogen-bond donors (Lipinski definition) is 2. The van der Waals surface area contributed by atoms with Crippen molar-refractivity contribution in [1.82, 2.24) is 30.5 Å². The zero-order valence-electron chi connectivity index (χ0n) is 20.9. The summed E-state index contributed by atoms with van der Waals surface area (Å²) in [6.07, 6.45) is 3.45. The lowest BCUT2D eigenvalue weighted by molar-refractivity contribution is -0.122. The summed E-state index contributed by atoms with van der Waals surface area (Å²) in [6, 6.07) is 15.1. The van der Waals surface area contributed by atoms with Crippen molar-refractivity contribution in [3.05, 3.63) is 77.1 Å². The van der Waals surface area contributed by atoms with Crippen molar-refractivity contribution in [2.45, 2.75) is 52.4 Å². The van der Waals surface area contributed by atoms with Gasteiger partial charge in [0.2, 0.25) is 5.91 Å². The number of hydrogen-bond acceptors (Lipinski definition) is 6. The van der Waals surface area contributed by atoms with Gasteiger partial charge >= 0.3 is 0 Å². The number of rotatable bonds is 2. The van der Waals surface area contributed by atoms with Crippen LogP contribution in [0.5, 0.6) is 5.75 Å². The fourth-order valence-electron chi connectivity index (χ4n) is 4.16. The molecule has 2 aromatic carbocycles. The quantitative estimate of drug-likeness (QED) is 0.573. The molecule has 190 valence electrons. The molecular formula is C27H34N6O3. The van der Waals surface area contributed by atoms with Crippen molar-refractivity contribution < 1.29 is 14.3 Å². The Labute approximate surface area is 211 Å². The molecule has 0 saturated heterocycles. The number of carbonyl (C=O) groups excluding carboxylic acids is 2. The number of fused-ring (bicyclic) bond motifs is 3.